The molecule has 2 aromatic heterocycles. The van der Waals surface area contributed by atoms with Crippen LogP contribution in [0.5, 0.6) is 0 Å². The molecule has 1 fully saturated rings. The summed E-state index contributed by atoms with van der Waals surface area (Å²) in [4.78, 5) is 14.7. The zero-order valence-electron chi connectivity index (χ0n) is 14.4. The summed E-state index contributed by atoms with van der Waals surface area (Å²) in [7, 11) is 0. The molecule has 1 aliphatic heterocycles. The minimum atomic E-state index is -0.134. The van der Waals surface area contributed by atoms with Crippen molar-refractivity contribution < 1.29 is 9.90 Å². The van der Waals surface area contributed by atoms with E-state index >= 15 is 0 Å². The van der Waals surface area contributed by atoms with Gasteiger partial charge >= 0.3 is 0 Å². The highest BCUT2D eigenvalue weighted by Gasteiger charge is 2.36. The summed E-state index contributed by atoms with van der Waals surface area (Å²) in [6, 6.07) is 11.1. The molecule has 0 spiro atoms. The van der Waals surface area contributed by atoms with Gasteiger partial charge in [-0.25, -0.2) is 0 Å². The van der Waals surface area contributed by atoms with Crippen molar-refractivity contribution >= 4 is 17.5 Å². The molecular formula is C19H18ClN5O2. The number of aliphatic hydroxyl groups excluding tert-OH is 1. The van der Waals surface area contributed by atoms with Gasteiger partial charge in [-0.1, -0.05) is 23.7 Å². The fourth-order valence-corrected chi connectivity index (χ4v) is 3.63. The maximum absolute atomic E-state index is 12.9. The van der Waals surface area contributed by atoms with Gasteiger partial charge in [0.25, 0.3) is 5.91 Å². The standard InChI is InChI=1S/C19H18ClN5O2/c20-15-3-1-12(2-4-15)16-10-25(9-14(16)11-26)19(27)18-7-17(23-24-18)13-5-6-21-22-8-13/h1-8,14,16,26H,9-11H2,(H,23,24)/t14-,16-/m1/s1. The first-order valence-corrected chi connectivity index (χ1v) is 9.01. The summed E-state index contributed by atoms with van der Waals surface area (Å²) in [5, 5.41) is 25.0. The first kappa shape index (κ1) is 17.6. The Morgan fingerprint density at radius 3 is 2.74 bits per heavy atom. The number of aromatic nitrogens is 4. The number of carbonyl (C=O) groups is 1. The molecule has 27 heavy (non-hydrogen) atoms. The largest absolute Gasteiger partial charge is 0.396 e. The molecule has 3 heterocycles. The fourth-order valence-electron chi connectivity index (χ4n) is 3.50. The minimum absolute atomic E-state index is 0.0121. The Hall–Kier alpha value is -2.77. The molecule has 138 valence electrons. The summed E-state index contributed by atoms with van der Waals surface area (Å²) < 4.78 is 0. The van der Waals surface area contributed by atoms with E-state index in [0.717, 1.165) is 11.1 Å². The molecule has 1 aliphatic rings. The van der Waals surface area contributed by atoms with Crippen molar-refractivity contribution in [3.05, 3.63) is 65.1 Å². The second-order valence-electron chi connectivity index (χ2n) is 6.61. The molecule has 0 unspecified atom stereocenters. The maximum atomic E-state index is 12.9. The van der Waals surface area contributed by atoms with Gasteiger partial charge in [0.05, 0.1) is 18.1 Å². The molecule has 0 bridgehead atoms. The number of hydrogen-bond acceptors (Lipinski definition) is 5. The van der Waals surface area contributed by atoms with Crippen LogP contribution in [0, 0.1) is 5.92 Å². The highest BCUT2D eigenvalue weighted by atomic mass is 35.5. The van der Waals surface area contributed by atoms with Crippen LogP contribution in [0.15, 0.2) is 48.8 Å². The van der Waals surface area contributed by atoms with Crippen molar-refractivity contribution in [1.29, 1.82) is 0 Å². The number of rotatable bonds is 4. The average molecular weight is 384 g/mol. The number of amides is 1. The second-order valence-corrected chi connectivity index (χ2v) is 7.05. The number of H-pyrrole nitrogens is 1. The van der Waals surface area contributed by atoms with Crippen molar-refractivity contribution in [2.75, 3.05) is 19.7 Å². The average Bonchev–Trinajstić information content (AvgIpc) is 3.36. The van der Waals surface area contributed by atoms with Crippen molar-refractivity contribution in [3.63, 3.8) is 0 Å². The van der Waals surface area contributed by atoms with Crippen molar-refractivity contribution in [2.45, 2.75) is 5.92 Å². The summed E-state index contributed by atoms with van der Waals surface area (Å²) in [6.45, 7) is 1.05. The monoisotopic (exact) mass is 383 g/mol. The molecule has 0 saturated carbocycles. The maximum Gasteiger partial charge on any atom is 0.271 e. The molecule has 0 aliphatic carbocycles. The van der Waals surface area contributed by atoms with E-state index in [1.54, 1.807) is 29.4 Å². The summed E-state index contributed by atoms with van der Waals surface area (Å²) in [5.41, 5.74) is 2.91. The van der Waals surface area contributed by atoms with Crippen LogP contribution in [-0.4, -0.2) is 56.0 Å². The number of halogens is 1. The number of nitrogens with one attached hydrogen (secondary N) is 1. The number of benzene rings is 1. The number of aliphatic hydroxyl groups is 1. The summed E-state index contributed by atoms with van der Waals surface area (Å²) in [5.74, 6) is -0.0735. The molecule has 1 amide bonds. The molecule has 0 radical (unpaired) electrons. The first-order valence-electron chi connectivity index (χ1n) is 8.64. The van der Waals surface area contributed by atoms with Crippen LogP contribution in [-0.2, 0) is 0 Å². The van der Waals surface area contributed by atoms with Crippen LogP contribution in [0.25, 0.3) is 11.3 Å². The zero-order chi connectivity index (χ0) is 18.8. The third-order valence-corrected chi connectivity index (χ3v) is 5.20. The number of likely N-dealkylation sites (tertiary alicyclic amines) is 1. The Bertz CT molecular complexity index is 929. The van der Waals surface area contributed by atoms with E-state index in [0.29, 0.717) is 29.5 Å². The van der Waals surface area contributed by atoms with E-state index in [-0.39, 0.29) is 24.3 Å². The Morgan fingerprint density at radius 1 is 1.22 bits per heavy atom. The van der Waals surface area contributed by atoms with E-state index in [1.807, 2.05) is 24.3 Å². The SMILES string of the molecule is O=C(c1cc(-c2ccnnc2)n[nH]1)N1C[C@H](CO)[C@@H](c2ccc(Cl)cc2)C1. The van der Waals surface area contributed by atoms with Crippen molar-refractivity contribution in [2.24, 2.45) is 5.92 Å². The molecule has 7 nitrogen and oxygen atoms in total. The van der Waals surface area contributed by atoms with Crippen molar-refractivity contribution in [3.8, 4) is 11.3 Å². The van der Waals surface area contributed by atoms with Gasteiger partial charge in [0.15, 0.2) is 0 Å². The lowest BCUT2D eigenvalue weighted by atomic mass is 9.90. The first-order chi connectivity index (χ1) is 13.2. The number of hydrogen-bond donors (Lipinski definition) is 2. The number of aromatic amines is 1. The lowest BCUT2D eigenvalue weighted by Gasteiger charge is -2.16. The molecule has 8 heteroatoms. The van der Waals surface area contributed by atoms with Crippen LogP contribution in [0.3, 0.4) is 0 Å². The van der Waals surface area contributed by atoms with Gasteiger partial charge in [-0.3, -0.25) is 9.89 Å². The zero-order valence-corrected chi connectivity index (χ0v) is 15.2. The molecular weight excluding hydrogens is 366 g/mol. The number of carbonyl (C=O) groups excluding carboxylic acids is 1. The van der Waals surface area contributed by atoms with Crippen LogP contribution in [0.4, 0.5) is 0 Å². The predicted molar refractivity (Wildman–Crippen MR) is 100 cm³/mol. The van der Waals surface area contributed by atoms with E-state index in [4.69, 9.17) is 11.6 Å². The molecule has 2 atom stereocenters. The summed E-state index contributed by atoms with van der Waals surface area (Å²) in [6.07, 6.45) is 3.17. The van der Waals surface area contributed by atoms with Gasteiger partial charge in [0.1, 0.15) is 5.69 Å². The van der Waals surface area contributed by atoms with E-state index in [9.17, 15) is 9.90 Å². The third kappa shape index (κ3) is 3.56. The molecule has 2 N–H and O–H groups in total. The minimum Gasteiger partial charge on any atom is -0.396 e. The van der Waals surface area contributed by atoms with Crippen molar-refractivity contribution in [1.82, 2.24) is 25.3 Å². The van der Waals surface area contributed by atoms with E-state index in [1.165, 1.54) is 0 Å². The lowest BCUT2D eigenvalue weighted by Crippen LogP contribution is -2.29. The third-order valence-electron chi connectivity index (χ3n) is 4.95. The van der Waals surface area contributed by atoms with Crippen LogP contribution in [0.1, 0.15) is 22.0 Å². The molecule has 4 rings (SSSR count). The van der Waals surface area contributed by atoms with Gasteiger partial charge in [-0.2, -0.15) is 15.3 Å². The van der Waals surface area contributed by atoms with Gasteiger partial charge in [0.2, 0.25) is 0 Å². The lowest BCUT2D eigenvalue weighted by molar-refractivity contribution is 0.0775. The van der Waals surface area contributed by atoms with Crippen LogP contribution in [0.2, 0.25) is 5.02 Å². The Kier molecular flexibility index (Phi) is 4.87. The number of nitrogens with zero attached hydrogens (tertiary/aromatic N) is 4. The smallest absolute Gasteiger partial charge is 0.271 e. The van der Waals surface area contributed by atoms with E-state index < -0.39 is 0 Å². The molecule has 3 aromatic rings. The Morgan fingerprint density at radius 2 is 2.04 bits per heavy atom. The Labute approximate surface area is 161 Å². The molecule has 1 aromatic carbocycles. The molecule has 1 saturated heterocycles. The highest BCUT2D eigenvalue weighted by molar-refractivity contribution is 6.30. The van der Waals surface area contributed by atoms with E-state index in [2.05, 4.69) is 20.4 Å². The van der Waals surface area contributed by atoms with Gasteiger partial charge in [-0.15, -0.1) is 0 Å². The normalized spacial score (nSPS) is 19.4. The van der Waals surface area contributed by atoms with Gasteiger partial charge in [-0.05, 0) is 29.8 Å². The fraction of sp³-hybridized carbons (Fsp3) is 0.263. The van der Waals surface area contributed by atoms with Crippen LogP contribution < -0.4 is 0 Å². The van der Waals surface area contributed by atoms with Gasteiger partial charge in [0, 0.05) is 42.1 Å². The topological polar surface area (TPSA) is 95.0 Å². The predicted octanol–water partition coefficient (Wildman–Crippen LogP) is 2.37. The second kappa shape index (κ2) is 7.46. The quantitative estimate of drug-likeness (QED) is 0.721. The highest BCUT2D eigenvalue weighted by Crippen LogP contribution is 2.33. The Balaban J connectivity index is 1.53. The van der Waals surface area contributed by atoms with Gasteiger partial charge < -0.3 is 10.0 Å². The van der Waals surface area contributed by atoms with Crippen LogP contribution >= 0.6 is 11.6 Å². The summed E-state index contributed by atoms with van der Waals surface area (Å²) >= 11 is 5.97.